The summed E-state index contributed by atoms with van der Waals surface area (Å²) < 4.78 is 13.2. The van der Waals surface area contributed by atoms with Gasteiger partial charge >= 0.3 is 0 Å². The number of benzene rings is 2. The molecular formula is C22H22FN3O3. The molecule has 2 N–H and O–H groups in total. The van der Waals surface area contributed by atoms with Crippen molar-refractivity contribution in [3.63, 3.8) is 0 Å². The summed E-state index contributed by atoms with van der Waals surface area (Å²) in [6.07, 6.45) is 4.47. The molecule has 0 bridgehead atoms. The number of nitrogens with zero attached hydrogens (tertiary/aromatic N) is 2. The van der Waals surface area contributed by atoms with Crippen LogP contribution >= 0.6 is 0 Å². The topological polar surface area (TPSA) is 83.7 Å². The molecule has 2 aromatic rings. The van der Waals surface area contributed by atoms with Crippen molar-refractivity contribution in [2.75, 3.05) is 22.9 Å². The first-order chi connectivity index (χ1) is 13.9. The van der Waals surface area contributed by atoms with Crippen LogP contribution in [0.5, 0.6) is 0 Å². The molecule has 0 aliphatic carbocycles. The summed E-state index contributed by atoms with van der Waals surface area (Å²) in [5.41, 5.74) is 7.31. The number of rotatable bonds is 7. The van der Waals surface area contributed by atoms with E-state index in [1.807, 2.05) is 24.3 Å². The molecule has 7 heteroatoms. The molecule has 2 aromatic carbocycles. The molecule has 3 rings (SSSR count). The van der Waals surface area contributed by atoms with Crippen LogP contribution in [0.1, 0.15) is 24.8 Å². The van der Waals surface area contributed by atoms with Crippen molar-refractivity contribution < 1.29 is 18.8 Å². The highest BCUT2D eigenvalue weighted by Crippen LogP contribution is 2.22. The van der Waals surface area contributed by atoms with Crippen LogP contribution in [0.4, 0.5) is 15.8 Å². The highest BCUT2D eigenvalue weighted by molar-refractivity contribution is 6.04. The van der Waals surface area contributed by atoms with Gasteiger partial charge in [0.1, 0.15) is 5.82 Å². The first-order valence-electron chi connectivity index (χ1n) is 9.38. The molecule has 6 nitrogen and oxygen atoms in total. The molecule has 1 heterocycles. The first kappa shape index (κ1) is 20.3. The molecule has 0 aromatic heterocycles. The molecule has 0 spiro atoms. The fourth-order valence-corrected chi connectivity index (χ4v) is 3.15. The summed E-state index contributed by atoms with van der Waals surface area (Å²) in [6, 6.07) is 12.8. The van der Waals surface area contributed by atoms with Crippen molar-refractivity contribution in [1.82, 2.24) is 0 Å². The Labute approximate surface area is 168 Å². The van der Waals surface area contributed by atoms with E-state index in [1.54, 1.807) is 11.0 Å². The van der Waals surface area contributed by atoms with E-state index in [4.69, 9.17) is 5.73 Å². The summed E-state index contributed by atoms with van der Waals surface area (Å²) in [5, 5.41) is 0. The van der Waals surface area contributed by atoms with E-state index in [0.717, 1.165) is 24.2 Å². The predicted octanol–water partition coefficient (Wildman–Crippen LogP) is 2.87. The van der Waals surface area contributed by atoms with Crippen LogP contribution < -0.4 is 15.5 Å². The Balaban J connectivity index is 1.72. The molecular weight excluding hydrogens is 373 g/mol. The maximum Gasteiger partial charge on any atom is 0.251 e. The number of primary amides is 1. The highest BCUT2D eigenvalue weighted by Gasteiger charge is 2.21. The molecule has 0 unspecified atom stereocenters. The smallest absolute Gasteiger partial charge is 0.251 e. The number of hydrogen-bond donors (Lipinski definition) is 1. The van der Waals surface area contributed by atoms with E-state index >= 15 is 0 Å². The zero-order chi connectivity index (χ0) is 20.8. The summed E-state index contributed by atoms with van der Waals surface area (Å²) >= 11 is 0. The van der Waals surface area contributed by atoms with Crippen LogP contribution in [0.2, 0.25) is 0 Å². The van der Waals surface area contributed by atoms with Gasteiger partial charge in [-0.2, -0.15) is 0 Å². The van der Waals surface area contributed by atoms with Gasteiger partial charge in [0.25, 0.3) is 5.91 Å². The highest BCUT2D eigenvalue weighted by atomic mass is 19.1. The summed E-state index contributed by atoms with van der Waals surface area (Å²) in [7, 11) is 0. The Kier molecular flexibility index (Phi) is 6.39. The largest absolute Gasteiger partial charge is 0.370 e. The number of nitrogens with two attached hydrogens (primary N) is 1. The minimum atomic E-state index is -0.527. The summed E-state index contributed by atoms with van der Waals surface area (Å²) in [4.78, 5) is 38.7. The second-order valence-electron chi connectivity index (χ2n) is 6.76. The van der Waals surface area contributed by atoms with Crippen molar-refractivity contribution in [3.05, 3.63) is 66.0 Å². The lowest BCUT2D eigenvalue weighted by atomic mass is 10.1. The van der Waals surface area contributed by atoms with Gasteiger partial charge < -0.3 is 15.5 Å². The Morgan fingerprint density at radius 2 is 1.79 bits per heavy atom. The van der Waals surface area contributed by atoms with E-state index in [-0.39, 0.29) is 24.8 Å². The Morgan fingerprint density at radius 3 is 2.38 bits per heavy atom. The third-order valence-electron chi connectivity index (χ3n) is 4.68. The molecule has 0 atom stereocenters. The average Bonchev–Trinajstić information content (AvgIpc) is 3.14. The predicted molar refractivity (Wildman–Crippen MR) is 110 cm³/mol. The number of hydrogen-bond acceptors (Lipinski definition) is 3. The minimum absolute atomic E-state index is 0.00445. The van der Waals surface area contributed by atoms with Gasteiger partial charge in [-0.25, -0.2) is 4.39 Å². The van der Waals surface area contributed by atoms with Crippen molar-refractivity contribution in [2.45, 2.75) is 19.3 Å². The van der Waals surface area contributed by atoms with Gasteiger partial charge in [-0.15, -0.1) is 0 Å². The van der Waals surface area contributed by atoms with Gasteiger partial charge in [0.15, 0.2) is 0 Å². The molecule has 1 aliphatic heterocycles. The standard InChI is InChI=1S/C22H22FN3O3/c23-17-6-10-19(11-7-17)26(15-13-20(24)27)22(29)12-5-16-3-8-18(9-4-16)25-14-1-2-21(25)28/h3-12H,1-2,13-15H2,(H2,24,27)/b12-5+. The fourth-order valence-electron chi connectivity index (χ4n) is 3.15. The van der Waals surface area contributed by atoms with Crippen LogP contribution in [0, 0.1) is 5.82 Å². The van der Waals surface area contributed by atoms with Gasteiger partial charge in [-0.1, -0.05) is 12.1 Å². The maximum absolute atomic E-state index is 13.2. The molecule has 29 heavy (non-hydrogen) atoms. The molecule has 0 saturated carbocycles. The van der Waals surface area contributed by atoms with Crippen LogP contribution in [-0.4, -0.2) is 30.8 Å². The van der Waals surface area contributed by atoms with Crippen LogP contribution in [-0.2, 0) is 14.4 Å². The lowest BCUT2D eigenvalue weighted by Gasteiger charge is -2.20. The number of halogens is 1. The molecule has 1 fully saturated rings. The van der Waals surface area contributed by atoms with E-state index in [0.29, 0.717) is 12.1 Å². The SMILES string of the molecule is NC(=O)CCN(C(=O)/C=C/c1ccc(N2CCCC2=O)cc1)c1ccc(F)cc1. The lowest BCUT2D eigenvalue weighted by Crippen LogP contribution is -2.32. The van der Waals surface area contributed by atoms with Crippen molar-refractivity contribution in [2.24, 2.45) is 5.73 Å². The molecule has 150 valence electrons. The Bertz CT molecular complexity index is 923. The van der Waals surface area contributed by atoms with Crippen LogP contribution in [0.15, 0.2) is 54.6 Å². The Morgan fingerprint density at radius 1 is 1.10 bits per heavy atom. The van der Waals surface area contributed by atoms with Crippen LogP contribution in [0.25, 0.3) is 6.08 Å². The quantitative estimate of drug-likeness (QED) is 0.732. The normalized spacial score (nSPS) is 13.8. The number of carbonyl (C=O) groups is 3. The lowest BCUT2D eigenvalue weighted by molar-refractivity contribution is -0.118. The molecule has 0 radical (unpaired) electrons. The Hall–Kier alpha value is -3.48. The van der Waals surface area contributed by atoms with Gasteiger partial charge in [0, 0.05) is 43.4 Å². The molecule has 1 aliphatic rings. The zero-order valence-corrected chi connectivity index (χ0v) is 15.9. The van der Waals surface area contributed by atoms with Crippen molar-refractivity contribution in [1.29, 1.82) is 0 Å². The second kappa shape index (κ2) is 9.14. The van der Waals surface area contributed by atoms with Crippen molar-refractivity contribution in [3.8, 4) is 0 Å². The first-order valence-corrected chi connectivity index (χ1v) is 9.38. The third-order valence-corrected chi connectivity index (χ3v) is 4.68. The van der Waals surface area contributed by atoms with E-state index in [2.05, 4.69) is 0 Å². The molecule has 3 amide bonds. The minimum Gasteiger partial charge on any atom is -0.370 e. The fraction of sp³-hybridized carbons (Fsp3) is 0.227. The maximum atomic E-state index is 13.2. The third kappa shape index (κ3) is 5.28. The van der Waals surface area contributed by atoms with Crippen molar-refractivity contribution >= 4 is 35.2 Å². The monoisotopic (exact) mass is 395 g/mol. The zero-order valence-electron chi connectivity index (χ0n) is 15.9. The van der Waals surface area contributed by atoms with Gasteiger partial charge in [-0.05, 0) is 54.5 Å². The number of carbonyl (C=O) groups excluding carboxylic acids is 3. The van der Waals surface area contributed by atoms with E-state index in [1.165, 1.54) is 35.2 Å². The van der Waals surface area contributed by atoms with Gasteiger partial charge in [0.2, 0.25) is 11.8 Å². The summed E-state index contributed by atoms with van der Waals surface area (Å²) in [6.45, 7) is 0.819. The number of amides is 3. The molecule has 1 saturated heterocycles. The number of anilines is 2. The van der Waals surface area contributed by atoms with E-state index in [9.17, 15) is 18.8 Å². The van der Waals surface area contributed by atoms with Gasteiger partial charge in [-0.3, -0.25) is 14.4 Å². The average molecular weight is 395 g/mol. The van der Waals surface area contributed by atoms with Gasteiger partial charge in [0.05, 0.1) is 0 Å². The van der Waals surface area contributed by atoms with E-state index < -0.39 is 11.7 Å². The second-order valence-corrected chi connectivity index (χ2v) is 6.76. The summed E-state index contributed by atoms with van der Waals surface area (Å²) in [5.74, 6) is -1.17. The van der Waals surface area contributed by atoms with Crippen LogP contribution in [0.3, 0.4) is 0 Å².